The van der Waals surface area contributed by atoms with Crippen LogP contribution in [0, 0.1) is 17.2 Å². The second kappa shape index (κ2) is 11.1. The minimum atomic E-state index is -1.09. The van der Waals surface area contributed by atoms with Gasteiger partial charge in [0.25, 0.3) is 0 Å². The molecule has 4 atom stereocenters. The Morgan fingerprint density at radius 2 is 1.83 bits per heavy atom. The standard InChI is InChI=1S/C23H29N5O7/c1-12(2)6-7-25-21-18-16(8-24)9-28(22(18)27-11-26-21)23-20(34-15(5)31)19(33-14(4)30)17(35-23)10-32-13(3)29/h9,11-12,17,19-20,23H,6-7,10H2,1-5H3,(H,25,26,27)/t17?,19?,20?,23-/m1/s1. The molecule has 0 saturated carbocycles. The summed E-state index contributed by atoms with van der Waals surface area (Å²) in [4.78, 5) is 43.8. The summed E-state index contributed by atoms with van der Waals surface area (Å²) in [6.45, 7) is 8.29. The zero-order valence-corrected chi connectivity index (χ0v) is 20.3. The fourth-order valence-corrected chi connectivity index (χ4v) is 3.89. The van der Waals surface area contributed by atoms with Crippen molar-refractivity contribution in [1.29, 1.82) is 5.26 Å². The van der Waals surface area contributed by atoms with Crippen molar-refractivity contribution in [3.63, 3.8) is 0 Å². The molecule has 3 heterocycles. The molecule has 12 heteroatoms. The molecule has 12 nitrogen and oxygen atoms in total. The topological polar surface area (TPSA) is 155 Å². The summed E-state index contributed by atoms with van der Waals surface area (Å²) in [5.41, 5.74) is 0.644. The SMILES string of the molecule is CC(=O)OCC1O[C@@H](n2cc(C#N)c3c(NCCC(C)C)ncnc32)C(OC(C)=O)C1OC(C)=O. The van der Waals surface area contributed by atoms with E-state index in [4.69, 9.17) is 18.9 Å². The number of esters is 3. The number of hydrogen-bond acceptors (Lipinski definition) is 11. The van der Waals surface area contributed by atoms with Crippen LogP contribution in [0.1, 0.15) is 52.8 Å². The van der Waals surface area contributed by atoms with Gasteiger partial charge in [-0.1, -0.05) is 13.8 Å². The van der Waals surface area contributed by atoms with Gasteiger partial charge in [0.1, 0.15) is 36.6 Å². The molecule has 0 aromatic carbocycles. The number of nitrogens with zero attached hydrogens (tertiary/aromatic N) is 4. The van der Waals surface area contributed by atoms with Gasteiger partial charge in [-0.05, 0) is 12.3 Å². The maximum absolute atomic E-state index is 11.9. The highest BCUT2D eigenvalue weighted by atomic mass is 16.7. The molecular formula is C23H29N5O7. The number of fused-ring (bicyclic) bond motifs is 1. The first-order chi connectivity index (χ1) is 16.6. The molecule has 0 radical (unpaired) electrons. The average Bonchev–Trinajstić information content (AvgIpc) is 3.30. The lowest BCUT2D eigenvalue weighted by Gasteiger charge is -2.24. The van der Waals surface area contributed by atoms with E-state index in [-0.39, 0.29) is 12.2 Å². The first-order valence-corrected chi connectivity index (χ1v) is 11.2. The molecule has 0 amide bonds. The van der Waals surface area contributed by atoms with Crippen molar-refractivity contribution in [1.82, 2.24) is 14.5 Å². The van der Waals surface area contributed by atoms with Crippen LogP contribution in [-0.2, 0) is 33.3 Å². The smallest absolute Gasteiger partial charge is 0.303 e. The number of nitriles is 1. The molecule has 2 aromatic heterocycles. The predicted octanol–water partition coefficient (Wildman–Crippen LogP) is 2.08. The molecule has 1 saturated heterocycles. The number of nitrogens with one attached hydrogen (secondary N) is 1. The summed E-state index contributed by atoms with van der Waals surface area (Å²) < 4.78 is 23.6. The normalized spacial score (nSPS) is 21.5. The summed E-state index contributed by atoms with van der Waals surface area (Å²) in [5, 5.41) is 13.5. The van der Waals surface area contributed by atoms with E-state index in [1.165, 1.54) is 33.3 Å². The number of ether oxygens (including phenoxy) is 4. The van der Waals surface area contributed by atoms with Gasteiger partial charge in [0.2, 0.25) is 0 Å². The van der Waals surface area contributed by atoms with Crippen molar-refractivity contribution >= 4 is 34.8 Å². The molecule has 1 aliphatic rings. The third kappa shape index (κ3) is 6.05. The van der Waals surface area contributed by atoms with Gasteiger partial charge >= 0.3 is 17.9 Å². The van der Waals surface area contributed by atoms with Crippen LogP contribution in [0.15, 0.2) is 12.5 Å². The number of carbonyl (C=O) groups is 3. The van der Waals surface area contributed by atoms with Crippen LogP contribution in [-0.4, -0.2) is 63.9 Å². The zero-order valence-electron chi connectivity index (χ0n) is 20.3. The summed E-state index contributed by atoms with van der Waals surface area (Å²) in [7, 11) is 0. The summed E-state index contributed by atoms with van der Waals surface area (Å²) >= 11 is 0. The van der Waals surface area contributed by atoms with Crippen LogP contribution in [0.2, 0.25) is 0 Å². The monoisotopic (exact) mass is 487 g/mol. The largest absolute Gasteiger partial charge is 0.463 e. The van der Waals surface area contributed by atoms with E-state index in [2.05, 4.69) is 35.2 Å². The summed E-state index contributed by atoms with van der Waals surface area (Å²) in [6.07, 6.45) is -0.324. The Morgan fingerprint density at radius 1 is 1.14 bits per heavy atom. The van der Waals surface area contributed by atoms with Crippen molar-refractivity contribution in [2.24, 2.45) is 5.92 Å². The van der Waals surface area contributed by atoms with Gasteiger partial charge in [0.05, 0.1) is 10.9 Å². The predicted molar refractivity (Wildman–Crippen MR) is 122 cm³/mol. The maximum Gasteiger partial charge on any atom is 0.303 e. The van der Waals surface area contributed by atoms with Gasteiger partial charge in [-0.3, -0.25) is 14.4 Å². The number of carbonyl (C=O) groups excluding carboxylic acids is 3. The number of hydrogen-bond donors (Lipinski definition) is 1. The minimum Gasteiger partial charge on any atom is -0.463 e. The number of anilines is 1. The second-order valence-electron chi connectivity index (χ2n) is 8.61. The van der Waals surface area contributed by atoms with Crippen molar-refractivity contribution in [2.75, 3.05) is 18.5 Å². The van der Waals surface area contributed by atoms with E-state index in [0.29, 0.717) is 29.3 Å². The third-order valence-electron chi connectivity index (χ3n) is 5.36. The highest BCUT2D eigenvalue weighted by molar-refractivity contribution is 5.93. The minimum absolute atomic E-state index is 0.233. The average molecular weight is 488 g/mol. The van der Waals surface area contributed by atoms with E-state index in [0.717, 1.165) is 6.42 Å². The molecule has 1 N–H and O–H groups in total. The summed E-state index contributed by atoms with van der Waals surface area (Å²) in [6, 6.07) is 2.14. The van der Waals surface area contributed by atoms with Crippen LogP contribution in [0.25, 0.3) is 11.0 Å². The summed E-state index contributed by atoms with van der Waals surface area (Å²) in [5.74, 6) is -0.843. The Balaban J connectivity index is 2.06. The van der Waals surface area contributed by atoms with E-state index < -0.39 is 42.4 Å². The Morgan fingerprint density at radius 3 is 2.43 bits per heavy atom. The Kier molecular flexibility index (Phi) is 8.24. The fourth-order valence-electron chi connectivity index (χ4n) is 3.89. The Hall–Kier alpha value is -3.72. The van der Waals surface area contributed by atoms with E-state index in [1.54, 1.807) is 4.57 Å². The van der Waals surface area contributed by atoms with Crippen LogP contribution < -0.4 is 5.32 Å². The molecule has 1 fully saturated rings. The molecule has 188 valence electrons. The highest BCUT2D eigenvalue weighted by Crippen LogP contribution is 2.38. The quantitative estimate of drug-likeness (QED) is 0.408. The van der Waals surface area contributed by atoms with E-state index >= 15 is 0 Å². The van der Waals surface area contributed by atoms with Crippen molar-refractivity contribution in [3.05, 3.63) is 18.1 Å². The first-order valence-electron chi connectivity index (χ1n) is 11.2. The van der Waals surface area contributed by atoms with Crippen LogP contribution >= 0.6 is 0 Å². The van der Waals surface area contributed by atoms with Gasteiger partial charge in [0, 0.05) is 33.5 Å². The lowest BCUT2D eigenvalue weighted by Crippen LogP contribution is -2.40. The van der Waals surface area contributed by atoms with Gasteiger partial charge in [-0.2, -0.15) is 5.26 Å². The molecule has 2 aromatic rings. The number of rotatable bonds is 9. The first kappa shape index (κ1) is 25.9. The molecule has 0 aliphatic carbocycles. The fraction of sp³-hybridized carbons (Fsp3) is 0.565. The van der Waals surface area contributed by atoms with E-state index in [9.17, 15) is 19.6 Å². The van der Waals surface area contributed by atoms with Gasteiger partial charge < -0.3 is 28.8 Å². The second-order valence-corrected chi connectivity index (χ2v) is 8.61. The Labute approximate surface area is 202 Å². The lowest BCUT2D eigenvalue weighted by atomic mass is 10.1. The van der Waals surface area contributed by atoms with Crippen LogP contribution in [0.5, 0.6) is 0 Å². The van der Waals surface area contributed by atoms with Crippen LogP contribution in [0.4, 0.5) is 5.82 Å². The lowest BCUT2D eigenvalue weighted by molar-refractivity contribution is -0.166. The maximum atomic E-state index is 11.9. The highest BCUT2D eigenvalue weighted by Gasteiger charge is 2.51. The molecule has 1 aliphatic heterocycles. The van der Waals surface area contributed by atoms with Crippen molar-refractivity contribution in [3.8, 4) is 6.07 Å². The molecule has 3 unspecified atom stereocenters. The molecule has 0 bridgehead atoms. The molecule has 35 heavy (non-hydrogen) atoms. The molecule has 0 spiro atoms. The molecular weight excluding hydrogens is 458 g/mol. The Bertz CT molecular complexity index is 1140. The van der Waals surface area contributed by atoms with Gasteiger partial charge in [-0.15, -0.1) is 0 Å². The van der Waals surface area contributed by atoms with Crippen molar-refractivity contribution in [2.45, 2.75) is 65.6 Å². The van der Waals surface area contributed by atoms with Gasteiger partial charge in [0.15, 0.2) is 18.4 Å². The van der Waals surface area contributed by atoms with Crippen LogP contribution in [0.3, 0.4) is 0 Å². The third-order valence-corrected chi connectivity index (χ3v) is 5.36. The number of aromatic nitrogens is 3. The van der Waals surface area contributed by atoms with Gasteiger partial charge in [-0.25, -0.2) is 9.97 Å². The molecule has 3 rings (SSSR count). The van der Waals surface area contributed by atoms with Crippen molar-refractivity contribution < 1.29 is 33.3 Å². The van der Waals surface area contributed by atoms with E-state index in [1.807, 2.05) is 0 Å². The zero-order chi connectivity index (χ0) is 25.7.